The van der Waals surface area contributed by atoms with Crippen LogP contribution < -0.4 is 5.32 Å². The smallest absolute Gasteiger partial charge is 0.295 e. The van der Waals surface area contributed by atoms with Gasteiger partial charge in [0.1, 0.15) is 11.6 Å². The first-order chi connectivity index (χ1) is 14.4. The molecule has 1 N–H and O–H groups in total. The quantitative estimate of drug-likeness (QED) is 0.475. The molecule has 8 heteroatoms. The topological polar surface area (TPSA) is 59.8 Å². The lowest BCUT2D eigenvalue weighted by Crippen LogP contribution is -2.14. The van der Waals surface area contributed by atoms with E-state index in [1.807, 2.05) is 6.92 Å². The third-order valence-electron chi connectivity index (χ3n) is 4.48. The molecule has 30 heavy (non-hydrogen) atoms. The molecular weight excluding hydrogens is 410 g/mol. The van der Waals surface area contributed by atoms with Gasteiger partial charge in [0, 0.05) is 16.3 Å². The third-order valence-corrected chi connectivity index (χ3v) is 4.89. The van der Waals surface area contributed by atoms with Gasteiger partial charge < -0.3 is 5.32 Å². The number of carbonyl (C=O) groups excluding carboxylic acids is 1. The van der Waals surface area contributed by atoms with Gasteiger partial charge in [-0.1, -0.05) is 17.7 Å². The highest BCUT2D eigenvalue weighted by Crippen LogP contribution is 2.27. The zero-order valence-corrected chi connectivity index (χ0v) is 16.5. The summed E-state index contributed by atoms with van der Waals surface area (Å²) in [4.78, 5) is 17.1. The Morgan fingerprint density at radius 2 is 1.60 bits per heavy atom. The Bertz CT molecular complexity index is 1220. The van der Waals surface area contributed by atoms with E-state index in [2.05, 4.69) is 15.4 Å². The van der Waals surface area contributed by atoms with Crippen LogP contribution in [0.4, 0.5) is 14.5 Å². The molecule has 5 nitrogen and oxygen atoms in total. The first kappa shape index (κ1) is 19.7. The van der Waals surface area contributed by atoms with E-state index < -0.39 is 17.5 Å². The molecule has 0 saturated heterocycles. The van der Waals surface area contributed by atoms with Crippen LogP contribution in [0.1, 0.15) is 16.2 Å². The number of aromatic nitrogens is 3. The molecule has 0 aliphatic rings. The summed E-state index contributed by atoms with van der Waals surface area (Å²) in [6.45, 7) is 1.83. The predicted octanol–water partition coefficient (Wildman–Crippen LogP) is 5.43. The second-order valence-electron chi connectivity index (χ2n) is 6.52. The van der Waals surface area contributed by atoms with Crippen LogP contribution in [0.3, 0.4) is 0 Å². The van der Waals surface area contributed by atoms with Crippen LogP contribution in [-0.2, 0) is 0 Å². The molecule has 1 aromatic heterocycles. The number of anilines is 1. The van der Waals surface area contributed by atoms with E-state index in [0.717, 1.165) is 5.56 Å². The van der Waals surface area contributed by atoms with Gasteiger partial charge in [0.05, 0.1) is 5.69 Å². The number of rotatable bonds is 4. The van der Waals surface area contributed by atoms with E-state index in [-0.39, 0.29) is 5.82 Å². The number of benzene rings is 3. The number of carbonyl (C=O) groups is 1. The Morgan fingerprint density at radius 1 is 0.967 bits per heavy atom. The maximum absolute atomic E-state index is 13.4. The average Bonchev–Trinajstić information content (AvgIpc) is 3.17. The summed E-state index contributed by atoms with van der Waals surface area (Å²) in [5.41, 5.74) is 2.36. The Balaban J connectivity index is 1.79. The Hall–Kier alpha value is -3.58. The van der Waals surface area contributed by atoms with Crippen molar-refractivity contribution in [2.24, 2.45) is 0 Å². The van der Waals surface area contributed by atoms with E-state index in [9.17, 15) is 13.6 Å². The maximum Gasteiger partial charge on any atom is 0.295 e. The monoisotopic (exact) mass is 424 g/mol. The molecule has 3 aromatic carbocycles. The summed E-state index contributed by atoms with van der Waals surface area (Å²) in [5.74, 6) is -1.12. The van der Waals surface area contributed by atoms with Gasteiger partial charge in [-0.3, -0.25) is 4.79 Å². The summed E-state index contributed by atoms with van der Waals surface area (Å²) < 4.78 is 28.0. The van der Waals surface area contributed by atoms with Crippen molar-refractivity contribution in [1.29, 1.82) is 0 Å². The van der Waals surface area contributed by atoms with Gasteiger partial charge in [0.15, 0.2) is 5.82 Å². The minimum absolute atomic E-state index is 0.0991. The molecule has 150 valence electrons. The number of nitrogens with one attached hydrogen (secondary N) is 1. The van der Waals surface area contributed by atoms with Gasteiger partial charge in [-0.2, -0.15) is 0 Å². The number of halogens is 3. The molecule has 0 radical (unpaired) electrons. The van der Waals surface area contributed by atoms with Crippen molar-refractivity contribution in [3.05, 3.63) is 94.8 Å². The number of nitrogens with zero attached hydrogens (tertiary/aromatic N) is 3. The normalized spacial score (nSPS) is 10.8. The molecule has 0 spiro atoms. The zero-order valence-electron chi connectivity index (χ0n) is 15.7. The van der Waals surface area contributed by atoms with Crippen molar-refractivity contribution in [1.82, 2.24) is 14.8 Å². The molecule has 1 amide bonds. The average molecular weight is 425 g/mol. The SMILES string of the molecule is Cc1c(Cl)cccc1-n1nc(C(=O)Nc2ccc(F)cc2)nc1-c1ccc(F)cc1. The second-order valence-corrected chi connectivity index (χ2v) is 6.93. The largest absolute Gasteiger partial charge is 0.319 e. The lowest BCUT2D eigenvalue weighted by atomic mass is 10.1. The molecule has 0 atom stereocenters. The first-order valence-electron chi connectivity index (χ1n) is 8.98. The third kappa shape index (κ3) is 3.92. The lowest BCUT2D eigenvalue weighted by molar-refractivity contribution is 0.101. The van der Waals surface area contributed by atoms with E-state index in [4.69, 9.17) is 11.6 Å². The Labute approximate surface area is 176 Å². The van der Waals surface area contributed by atoms with Gasteiger partial charge in [-0.25, -0.2) is 18.4 Å². The fourth-order valence-electron chi connectivity index (χ4n) is 2.91. The molecule has 4 rings (SSSR count). The molecule has 0 aliphatic carbocycles. The summed E-state index contributed by atoms with van der Waals surface area (Å²) in [7, 11) is 0. The van der Waals surface area contributed by atoms with Gasteiger partial charge in [0.25, 0.3) is 5.91 Å². The minimum atomic E-state index is -0.566. The summed E-state index contributed by atoms with van der Waals surface area (Å²) in [6.07, 6.45) is 0. The molecule has 0 fully saturated rings. The first-order valence-corrected chi connectivity index (χ1v) is 9.35. The molecule has 0 saturated carbocycles. The summed E-state index contributed by atoms with van der Waals surface area (Å²) in [6, 6.07) is 16.4. The van der Waals surface area contributed by atoms with Crippen LogP contribution in [-0.4, -0.2) is 20.7 Å². The number of hydrogen-bond donors (Lipinski definition) is 1. The summed E-state index contributed by atoms with van der Waals surface area (Å²) in [5, 5.41) is 7.53. The van der Waals surface area contributed by atoms with Gasteiger partial charge >= 0.3 is 0 Å². The van der Waals surface area contributed by atoms with Crippen molar-refractivity contribution in [2.45, 2.75) is 6.92 Å². The van der Waals surface area contributed by atoms with Gasteiger partial charge in [0.2, 0.25) is 5.82 Å². The van der Waals surface area contributed by atoms with E-state index in [1.165, 1.54) is 41.1 Å². The van der Waals surface area contributed by atoms with Gasteiger partial charge in [-0.15, -0.1) is 5.10 Å². The van der Waals surface area contributed by atoms with Crippen LogP contribution in [0, 0.1) is 18.6 Å². The fraction of sp³-hybridized carbons (Fsp3) is 0.0455. The van der Waals surface area contributed by atoms with E-state index in [0.29, 0.717) is 27.8 Å². The Morgan fingerprint density at radius 3 is 2.27 bits per heavy atom. The van der Waals surface area contributed by atoms with E-state index in [1.54, 1.807) is 30.3 Å². The molecule has 1 heterocycles. The minimum Gasteiger partial charge on any atom is -0.319 e. The standard InChI is InChI=1S/C22H15ClF2N4O/c1-13-18(23)3-2-4-19(13)29-21(14-5-7-15(24)8-6-14)27-20(28-29)22(30)26-17-11-9-16(25)10-12-17/h2-12H,1H3,(H,26,30). The Kier molecular flexibility index (Phi) is 5.29. The molecule has 4 aromatic rings. The van der Waals surface area contributed by atoms with Crippen LogP contribution in [0.5, 0.6) is 0 Å². The highest BCUT2D eigenvalue weighted by atomic mass is 35.5. The van der Waals surface area contributed by atoms with Crippen LogP contribution in [0.25, 0.3) is 17.1 Å². The van der Waals surface area contributed by atoms with Crippen molar-refractivity contribution in [3.8, 4) is 17.1 Å². The van der Waals surface area contributed by atoms with E-state index >= 15 is 0 Å². The van der Waals surface area contributed by atoms with Crippen LogP contribution >= 0.6 is 11.6 Å². The molecular formula is C22H15ClF2N4O. The molecule has 0 aliphatic heterocycles. The van der Waals surface area contributed by atoms with Crippen LogP contribution in [0.2, 0.25) is 5.02 Å². The molecule has 0 unspecified atom stereocenters. The lowest BCUT2D eigenvalue weighted by Gasteiger charge is -2.10. The van der Waals surface area contributed by atoms with Crippen molar-refractivity contribution < 1.29 is 13.6 Å². The second kappa shape index (κ2) is 8.04. The maximum atomic E-state index is 13.4. The highest BCUT2D eigenvalue weighted by Gasteiger charge is 2.20. The fourth-order valence-corrected chi connectivity index (χ4v) is 3.08. The summed E-state index contributed by atoms with van der Waals surface area (Å²) >= 11 is 6.25. The number of amides is 1. The van der Waals surface area contributed by atoms with Gasteiger partial charge in [-0.05, 0) is 73.2 Å². The van der Waals surface area contributed by atoms with Crippen molar-refractivity contribution in [3.63, 3.8) is 0 Å². The zero-order chi connectivity index (χ0) is 21.3. The van der Waals surface area contributed by atoms with Crippen molar-refractivity contribution >= 4 is 23.2 Å². The van der Waals surface area contributed by atoms with Crippen molar-refractivity contribution in [2.75, 3.05) is 5.32 Å². The predicted molar refractivity (Wildman–Crippen MR) is 111 cm³/mol. The number of hydrogen-bond acceptors (Lipinski definition) is 3. The van der Waals surface area contributed by atoms with Crippen LogP contribution in [0.15, 0.2) is 66.7 Å². The molecule has 0 bridgehead atoms. The highest BCUT2D eigenvalue weighted by molar-refractivity contribution is 6.31.